The van der Waals surface area contributed by atoms with Crippen molar-refractivity contribution in [1.29, 1.82) is 5.26 Å². The van der Waals surface area contributed by atoms with Crippen molar-refractivity contribution in [2.75, 3.05) is 69.2 Å². The van der Waals surface area contributed by atoms with E-state index in [9.17, 15) is 10.4 Å². The summed E-state index contributed by atoms with van der Waals surface area (Å²) in [5, 5.41) is 22.7. The van der Waals surface area contributed by atoms with Crippen LogP contribution in [0.25, 0.3) is 11.4 Å². The van der Waals surface area contributed by atoms with Crippen LogP contribution < -0.4 is 15.0 Å². The van der Waals surface area contributed by atoms with Gasteiger partial charge in [-0.05, 0) is 62.2 Å². The third-order valence-electron chi connectivity index (χ3n) is 8.22. The molecule has 0 saturated carbocycles. The van der Waals surface area contributed by atoms with E-state index < -0.39 is 0 Å². The standard InChI is InChI=1S/C31H38N8O3/c1-22(40)18-37-10-8-28(9-11-37)42-29-7-2-23(16-24(29)17-32)30-33-21-34-31(36-30)35-25-3-5-26(6-4-25)38-12-14-39(15-13-38)27-19-41-20-27/h2-7,16,21-22,27-28,40H,8-15,18-20H2,1H3,(H,33,34,35,36)/t22-/m0/s1. The van der Waals surface area contributed by atoms with Crippen LogP contribution in [-0.2, 0) is 4.74 Å². The molecule has 1 aromatic heterocycles. The van der Waals surface area contributed by atoms with Crippen molar-refractivity contribution in [2.24, 2.45) is 0 Å². The van der Waals surface area contributed by atoms with Gasteiger partial charge in [-0.1, -0.05) is 0 Å². The van der Waals surface area contributed by atoms with Crippen LogP contribution in [-0.4, -0.2) is 107 Å². The average molecular weight is 571 g/mol. The highest BCUT2D eigenvalue weighted by Crippen LogP contribution is 2.28. The number of nitrogens with one attached hydrogen (secondary N) is 1. The first-order chi connectivity index (χ1) is 20.5. The number of rotatable bonds is 9. The minimum absolute atomic E-state index is 0.0413. The second-order valence-corrected chi connectivity index (χ2v) is 11.3. The van der Waals surface area contributed by atoms with Crippen molar-refractivity contribution in [3.05, 3.63) is 54.4 Å². The maximum absolute atomic E-state index is 9.84. The number of aromatic nitrogens is 3. The van der Waals surface area contributed by atoms with E-state index in [2.05, 4.69) is 53.2 Å². The number of anilines is 3. The van der Waals surface area contributed by atoms with Crippen LogP contribution in [0.5, 0.6) is 5.75 Å². The lowest BCUT2D eigenvalue weighted by atomic mass is 10.1. The molecule has 3 aliphatic rings. The van der Waals surface area contributed by atoms with Crippen LogP contribution in [0.1, 0.15) is 25.3 Å². The largest absolute Gasteiger partial charge is 0.489 e. The van der Waals surface area contributed by atoms with Gasteiger partial charge in [0.2, 0.25) is 5.95 Å². The molecule has 2 aromatic carbocycles. The van der Waals surface area contributed by atoms with Crippen LogP contribution in [0.2, 0.25) is 0 Å². The normalized spacial score (nSPS) is 19.6. The fourth-order valence-electron chi connectivity index (χ4n) is 5.78. The van der Waals surface area contributed by atoms with Gasteiger partial charge < -0.3 is 29.7 Å². The van der Waals surface area contributed by atoms with E-state index in [1.807, 2.05) is 31.2 Å². The first-order valence-electron chi connectivity index (χ1n) is 14.8. The van der Waals surface area contributed by atoms with E-state index in [0.29, 0.717) is 35.7 Å². The Morgan fingerprint density at radius 2 is 1.81 bits per heavy atom. The summed E-state index contributed by atoms with van der Waals surface area (Å²) in [4.78, 5) is 20.4. The number of benzene rings is 2. The maximum Gasteiger partial charge on any atom is 0.230 e. The van der Waals surface area contributed by atoms with E-state index >= 15 is 0 Å². The molecule has 0 aliphatic carbocycles. The molecule has 0 unspecified atom stereocenters. The zero-order valence-electron chi connectivity index (χ0n) is 24.0. The Bertz CT molecular complexity index is 1380. The van der Waals surface area contributed by atoms with Gasteiger partial charge >= 0.3 is 0 Å². The van der Waals surface area contributed by atoms with E-state index in [4.69, 9.17) is 9.47 Å². The van der Waals surface area contributed by atoms with Crippen LogP contribution in [0, 0.1) is 11.3 Å². The number of nitrogens with zero attached hydrogens (tertiary/aromatic N) is 7. The Kier molecular flexibility index (Phi) is 8.76. The lowest BCUT2D eigenvalue weighted by molar-refractivity contribution is -0.0660. The highest BCUT2D eigenvalue weighted by molar-refractivity contribution is 5.64. The lowest BCUT2D eigenvalue weighted by Gasteiger charge is -2.43. The second-order valence-electron chi connectivity index (χ2n) is 11.3. The highest BCUT2D eigenvalue weighted by Gasteiger charge is 2.29. The number of piperazine rings is 1. The Labute approximate surface area is 246 Å². The zero-order chi connectivity index (χ0) is 28.9. The van der Waals surface area contributed by atoms with Gasteiger partial charge in [0.1, 0.15) is 24.3 Å². The SMILES string of the molecule is C[C@H](O)CN1CCC(Oc2ccc(-c3ncnc(Nc4ccc(N5CCN(C6COC6)CC5)cc4)n3)cc2C#N)CC1. The minimum Gasteiger partial charge on any atom is -0.489 e. The zero-order valence-corrected chi connectivity index (χ0v) is 24.0. The fourth-order valence-corrected chi connectivity index (χ4v) is 5.78. The van der Waals surface area contributed by atoms with Gasteiger partial charge in [-0.3, -0.25) is 4.90 Å². The Hall–Kier alpha value is -3.82. The molecule has 11 heteroatoms. The number of aliphatic hydroxyl groups excluding tert-OH is 1. The quantitative estimate of drug-likeness (QED) is 0.395. The lowest BCUT2D eigenvalue weighted by Crippen LogP contribution is -2.56. The minimum atomic E-state index is -0.337. The van der Waals surface area contributed by atoms with Crippen LogP contribution in [0.4, 0.5) is 17.3 Å². The molecule has 0 bridgehead atoms. The van der Waals surface area contributed by atoms with Crippen molar-refractivity contribution in [3.8, 4) is 23.2 Å². The molecular weight excluding hydrogens is 532 g/mol. The molecule has 0 amide bonds. The molecule has 0 radical (unpaired) electrons. The van der Waals surface area contributed by atoms with Gasteiger partial charge in [-0.15, -0.1) is 0 Å². The molecule has 6 rings (SSSR count). The molecular formula is C31H38N8O3. The summed E-state index contributed by atoms with van der Waals surface area (Å²) in [6.07, 6.45) is 2.89. The third-order valence-corrected chi connectivity index (χ3v) is 8.22. The van der Waals surface area contributed by atoms with Gasteiger partial charge in [0.05, 0.1) is 30.9 Å². The van der Waals surface area contributed by atoms with E-state index in [-0.39, 0.29) is 12.2 Å². The average Bonchev–Trinajstić information content (AvgIpc) is 2.98. The Morgan fingerprint density at radius 1 is 1.05 bits per heavy atom. The highest BCUT2D eigenvalue weighted by atomic mass is 16.5. The Morgan fingerprint density at radius 3 is 2.48 bits per heavy atom. The van der Waals surface area contributed by atoms with Gasteiger partial charge in [-0.2, -0.15) is 10.2 Å². The summed E-state index contributed by atoms with van der Waals surface area (Å²) < 4.78 is 11.6. The number of nitriles is 1. The van der Waals surface area contributed by atoms with Crippen LogP contribution in [0.15, 0.2) is 48.8 Å². The molecule has 3 fully saturated rings. The number of hydrogen-bond acceptors (Lipinski definition) is 11. The molecule has 220 valence electrons. The molecule has 4 heterocycles. The summed E-state index contributed by atoms with van der Waals surface area (Å²) in [6, 6.07) is 16.7. The number of piperidine rings is 1. The van der Waals surface area contributed by atoms with Crippen molar-refractivity contribution in [1.82, 2.24) is 24.8 Å². The van der Waals surface area contributed by atoms with Crippen LogP contribution >= 0.6 is 0 Å². The van der Waals surface area contributed by atoms with Crippen molar-refractivity contribution >= 4 is 17.3 Å². The topological polar surface area (TPSA) is 123 Å². The summed E-state index contributed by atoms with van der Waals surface area (Å²) in [5.41, 5.74) is 3.27. The second kappa shape index (κ2) is 13.0. The molecule has 3 saturated heterocycles. The van der Waals surface area contributed by atoms with Crippen molar-refractivity contribution in [2.45, 2.75) is 38.0 Å². The summed E-state index contributed by atoms with van der Waals surface area (Å²) >= 11 is 0. The van der Waals surface area contributed by atoms with Gasteiger partial charge in [-0.25, -0.2) is 9.97 Å². The molecule has 2 N–H and O–H groups in total. The molecule has 11 nitrogen and oxygen atoms in total. The van der Waals surface area contributed by atoms with E-state index in [1.54, 1.807) is 6.07 Å². The van der Waals surface area contributed by atoms with Crippen molar-refractivity contribution in [3.63, 3.8) is 0 Å². The summed E-state index contributed by atoms with van der Waals surface area (Å²) in [6.45, 7) is 10.1. The number of hydrogen-bond donors (Lipinski definition) is 2. The number of aliphatic hydroxyl groups is 1. The molecule has 1 atom stereocenters. The Balaban J connectivity index is 1.06. The van der Waals surface area contributed by atoms with Gasteiger partial charge in [0.15, 0.2) is 5.82 Å². The van der Waals surface area contributed by atoms with Gasteiger partial charge in [0.25, 0.3) is 0 Å². The van der Waals surface area contributed by atoms with E-state index in [0.717, 1.165) is 76.6 Å². The van der Waals surface area contributed by atoms with Gasteiger partial charge in [0, 0.05) is 62.8 Å². The first-order valence-corrected chi connectivity index (χ1v) is 14.8. The molecule has 42 heavy (non-hydrogen) atoms. The molecule has 0 spiro atoms. The van der Waals surface area contributed by atoms with Crippen molar-refractivity contribution < 1.29 is 14.6 Å². The smallest absolute Gasteiger partial charge is 0.230 e. The first kappa shape index (κ1) is 28.3. The number of likely N-dealkylation sites (tertiary alicyclic amines) is 1. The number of β-amino-alcohol motifs (C(OH)–C–C–N with tert-alkyl or cyclic N) is 1. The number of ether oxygens (including phenoxy) is 2. The predicted molar refractivity (Wildman–Crippen MR) is 160 cm³/mol. The maximum atomic E-state index is 9.84. The molecule has 3 aromatic rings. The van der Waals surface area contributed by atoms with E-state index in [1.165, 1.54) is 12.0 Å². The summed E-state index contributed by atoms with van der Waals surface area (Å²) in [7, 11) is 0. The monoisotopic (exact) mass is 570 g/mol. The third kappa shape index (κ3) is 6.79. The fraction of sp³-hybridized carbons (Fsp3) is 0.484. The van der Waals surface area contributed by atoms with Crippen LogP contribution in [0.3, 0.4) is 0 Å². The predicted octanol–water partition coefficient (Wildman–Crippen LogP) is 2.90. The summed E-state index contributed by atoms with van der Waals surface area (Å²) in [5.74, 6) is 1.49. The molecule has 3 aliphatic heterocycles.